The zero-order valence-corrected chi connectivity index (χ0v) is 17.3. The molecule has 0 aliphatic heterocycles. The molecular weight excluding hydrogens is 378 g/mol. The maximum absolute atomic E-state index is 13.3. The molecule has 0 unspecified atom stereocenters. The molecule has 0 bridgehead atoms. The average Bonchev–Trinajstić information content (AvgIpc) is 3.31. The monoisotopic (exact) mass is 403 g/mol. The first kappa shape index (κ1) is 18.8. The highest BCUT2D eigenvalue weighted by molar-refractivity contribution is 6.26. The summed E-state index contributed by atoms with van der Waals surface area (Å²) in [6.07, 6.45) is 5.97. The zero-order chi connectivity index (χ0) is 20.7. The molecule has 154 valence electrons. The summed E-state index contributed by atoms with van der Waals surface area (Å²) >= 11 is 0. The van der Waals surface area contributed by atoms with Crippen molar-refractivity contribution in [3.8, 4) is 33.9 Å². The van der Waals surface area contributed by atoms with Gasteiger partial charge < -0.3 is 19.2 Å². The summed E-state index contributed by atoms with van der Waals surface area (Å²) in [5.41, 5.74) is 3.97. The van der Waals surface area contributed by atoms with Gasteiger partial charge in [0.05, 0.1) is 25.3 Å². The van der Waals surface area contributed by atoms with Gasteiger partial charge in [-0.2, -0.15) is 0 Å². The van der Waals surface area contributed by atoms with Crippen molar-refractivity contribution in [2.45, 2.75) is 38.1 Å². The Balaban J connectivity index is 1.65. The van der Waals surface area contributed by atoms with Crippen LogP contribution >= 0.6 is 0 Å². The van der Waals surface area contributed by atoms with Gasteiger partial charge in [-0.1, -0.05) is 43.5 Å². The molecule has 0 radical (unpaired) electrons. The molecule has 2 aromatic carbocycles. The zero-order valence-electron chi connectivity index (χ0n) is 17.3. The van der Waals surface area contributed by atoms with Crippen molar-refractivity contribution in [2.75, 3.05) is 19.5 Å². The Morgan fingerprint density at radius 3 is 2.37 bits per heavy atom. The molecule has 0 atom stereocenters. The van der Waals surface area contributed by atoms with Crippen molar-refractivity contribution in [1.29, 1.82) is 0 Å². The lowest BCUT2D eigenvalue weighted by atomic mass is 9.95. The van der Waals surface area contributed by atoms with Gasteiger partial charge in [-0.3, -0.25) is 4.79 Å². The normalized spacial score (nSPS) is 15.6. The first-order chi connectivity index (χ1) is 14.7. The maximum Gasteiger partial charge on any atom is 0.202 e. The van der Waals surface area contributed by atoms with E-state index in [4.69, 9.17) is 13.9 Å². The van der Waals surface area contributed by atoms with Crippen LogP contribution in [0.15, 0.2) is 46.9 Å². The fraction of sp³-hybridized carbons (Fsp3) is 0.320. The van der Waals surface area contributed by atoms with Crippen molar-refractivity contribution in [1.82, 2.24) is 0 Å². The SMILES string of the molecule is COc1ccc(-c2oc(NC3CCCCC3)c3c2C(=O)c2ccccc2-3)cc1OC. The quantitative estimate of drug-likeness (QED) is 0.448. The van der Waals surface area contributed by atoms with Crippen LogP contribution in [0.25, 0.3) is 22.5 Å². The van der Waals surface area contributed by atoms with E-state index >= 15 is 0 Å². The van der Waals surface area contributed by atoms with Crippen LogP contribution in [-0.2, 0) is 0 Å². The highest BCUT2D eigenvalue weighted by Crippen LogP contribution is 2.49. The van der Waals surface area contributed by atoms with E-state index in [0.29, 0.717) is 34.7 Å². The minimum atomic E-state index is 0.00540. The highest BCUT2D eigenvalue weighted by atomic mass is 16.5. The molecule has 5 rings (SSSR count). The van der Waals surface area contributed by atoms with Crippen LogP contribution in [0.4, 0.5) is 5.88 Å². The Hall–Kier alpha value is -3.21. The lowest BCUT2D eigenvalue weighted by Gasteiger charge is -2.23. The summed E-state index contributed by atoms with van der Waals surface area (Å²) in [6.45, 7) is 0. The van der Waals surface area contributed by atoms with Crippen molar-refractivity contribution < 1.29 is 18.7 Å². The molecule has 5 nitrogen and oxygen atoms in total. The number of hydrogen-bond donors (Lipinski definition) is 1. The third-order valence-electron chi connectivity index (χ3n) is 6.16. The molecular formula is C25H25NO4. The minimum Gasteiger partial charge on any atom is -0.493 e. The molecule has 2 aliphatic carbocycles. The molecule has 3 aromatic rings. The van der Waals surface area contributed by atoms with E-state index in [9.17, 15) is 4.79 Å². The Bertz CT molecular complexity index is 1110. The van der Waals surface area contributed by atoms with E-state index in [1.807, 2.05) is 42.5 Å². The van der Waals surface area contributed by atoms with Crippen LogP contribution in [0.3, 0.4) is 0 Å². The van der Waals surface area contributed by atoms with Gasteiger partial charge in [0.25, 0.3) is 0 Å². The van der Waals surface area contributed by atoms with Gasteiger partial charge in [0.1, 0.15) is 5.76 Å². The second-order valence-corrected chi connectivity index (χ2v) is 7.93. The number of carbonyl (C=O) groups excluding carboxylic acids is 1. The van der Waals surface area contributed by atoms with Gasteiger partial charge in [0, 0.05) is 17.2 Å². The Labute approximate surface area is 176 Å². The van der Waals surface area contributed by atoms with E-state index in [1.165, 1.54) is 19.3 Å². The van der Waals surface area contributed by atoms with E-state index in [-0.39, 0.29) is 5.78 Å². The molecule has 0 spiro atoms. The van der Waals surface area contributed by atoms with Crippen LogP contribution in [0, 0.1) is 0 Å². The number of rotatable bonds is 5. The van der Waals surface area contributed by atoms with Gasteiger partial charge in [-0.05, 0) is 36.6 Å². The van der Waals surface area contributed by atoms with Crippen LogP contribution < -0.4 is 14.8 Å². The first-order valence-corrected chi connectivity index (χ1v) is 10.5. The minimum absolute atomic E-state index is 0.00540. The van der Waals surface area contributed by atoms with Crippen LogP contribution in [0.5, 0.6) is 11.5 Å². The lowest BCUT2D eigenvalue weighted by molar-refractivity contribution is 0.104. The summed E-state index contributed by atoms with van der Waals surface area (Å²) in [6, 6.07) is 13.7. The summed E-state index contributed by atoms with van der Waals surface area (Å²) in [4.78, 5) is 13.3. The number of methoxy groups -OCH3 is 2. The Morgan fingerprint density at radius 2 is 1.63 bits per heavy atom. The van der Waals surface area contributed by atoms with E-state index in [1.54, 1.807) is 14.2 Å². The molecule has 1 fully saturated rings. The maximum atomic E-state index is 13.3. The van der Waals surface area contributed by atoms with Gasteiger partial charge >= 0.3 is 0 Å². The van der Waals surface area contributed by atoms with Crippen LogP contribution in [-0.4, -0.2) is 26.0 Å². The summed E-state index contributed by atoms with van der Waals surface area (Å²) in [7, 11) is 3.21. The summed E-state index contributed by atoms with van der Waals surface area (Å²) in [5, 5.41) is 3.61. The molecule has 1 saturated carbocycles. The Kier molecular flexibility index (Phi) is 4.74. The van der Waals surface area contributed by atoms with Gasteiger partial charge in [0.15, 0.2) is 17.3 Å². The van der Waals surface area contributed by atoms with Crippen molar-refractivity contribution >= 4 is 11.7 Å². The number of ether oxygens (including phenoxy) is 2. The van der Waals surface area contributed by atoms with E-state index < -0.39 is 0 Å². The number of benzene rings is 2. The standard InChI is InChI=1S/C25H25NO4/c1-28-19-13-12-15(14-20(19)29-2)24-22-21(17-10-6-7-11-18(17)23(22)27)25(30-24)26-16-8-4-3-5-9-16/h6-7,10-14,16,26H,3-5,8-9H2,1-2H3. The molecule has 1 heterocycles. The second kappa shape index (κ2) is 7.56. The lowest BCUT2D eigenvalue weighted by Crippen LogP contribution is -2.22. The fourth-order valence-electron chi connectivity index (χ4n) is 4.65. The van der Waals surface area contributed by atoms with Crippen molar-refractivity contribution in [2.24, 2.45) is 0 Å². The number of nitrogens with one attached hydrogen (secondary N) is 1. The van der Waals surface area contributed by atoms with Gasteiger partial charge in [-0.15, -0.1) is 0 Å². The summed E-state index contributed by atoms with van der Waals surface area (Å²) < 4.78 is 17.2. The number of fused-ring (bicyclic) bond motifs is 3. The molecule has 1 N–H and O–H groups in total. The van der Waals surface area contributed by atoms with Gasteiger partial charge in [0.2, 0.25) is 5.88 Å². The molecule has 30 heavy (non-hydrogen) atoms. The smallest absolute Gasteiger partial charge is 0.202 e. The topological polar surface area (TPSA) is 60.7 Å². The second-order valence-electron chi connectivity index (χ2n) is 7.93. The third kappa shape index (κ3) is 2.96. The number of anilines is 1. The molecule has 0 amide bonds. The van der Waals surface area contributed by atoms with Crippen LogP contribution in [0.2, 0.25) is 0 Å². The number of furan rings is 1. The highest BCUT2D eigenvalue weighted by Gasteiger charge is 2.37. The Morgan fingerprint density at radius 1 is 0.900 bits per heavy atom. The molecule has 0 saturated heterocycles. The molecule has 1 aromatic heterocycles. The predicted octanol–water partition coefficient (Wildman–Crippen LogP) is 5.92. The summed E-state index contributed by atoms with van der Waals surface area (Å²) in [5.74, 6) is 2.51. The molecule has 5 heteroatoms. The largest absolute Gasteiger partial charge is 0.493 e. The number of carbonyl (C=O) groups is 1. The first-order valence-electron chi connectivity index (χ1n) is 10.5. The number of ketones is 1. The van der Waals surface area contributed by atoms with Crippen molar-refractivity contribution in [3.05, 3.63) is 53.6 Å². The van der Waals surface area contributed by atoms with Crippen LogP contribution in [0.1, 0.15) is 48.0 Å². The van der Waals surface area contributed by atoms with E-state index in [0.717, 1.165) is 35.1 Å². The average molecular weight is 403 g/mol. The number of hydrogen-bond acceptors (Lipinski definition) is 5. The fourth-order valence-corrected chi connectivity index (χ4v) is 4.65. The van der Waals surface area contributed by atoms with Gasteiger partial charge in [-0.25, -0.2) is 0 Å². The third-order valence-corrected chi connectivity index (χ3v) is 6.16. The molecule has 2 aliphatic rings. The predicted molar refractivity (Wildman–Crippen MR) is 117 cm³/mol. The van der Waals surface area contributed by atoms with E-state index in [2.05, 4.69) is 5.32 Å². The van der Waals surface area contributed by atoms with Crippen molar-refractivity contribution in [3.63, 3.8) is 0 Å².